The molecule has 0 N–H and O–H groups in total. The second-order valence-corrected chi connectivity index (χ2v) is 7.39. The molecule has 1 unspecified atom stereocenters. The third kappa shape index (κ3) is 3.44. The van der Waals surface area contributed by atoms with Crippen LogP contribution in [0.25, 0.3) is 5.57 Å². The number of nitrogens with zero attached hydrogens (tertiary/aromatic N) is 2. The number of rotatable bonds is 1. The molecule has 5 nitrogen and oxygen atoms in total. The van der Waals surface area contributed by atoms with Crippen molar-refractivity contribution in [1.29, 1.82) is 0 Å². The Morgan fingerprint density at radius 3 is 2.54 bits per heavy atom. The van der Waals surface area contributed by atoms with E-state index in [1.807, 2.05) is 29.2 Å². The van der Waals surface area contributed by atoms with E-state index in [2.05, 4.69) is 12.1 Å². The van der Waals surface area contributed by atoms with E-state index in [1.165, 1.54) is 12.5 Å². The number of benzene rings is 1. The van der Waals surface area contributed by atoms with Crippen molar-refractivity contribution in [3.8, 4) is 0 Å². The summed E-state index contributed by atoms with van der Waals surface area (Å²) >= 11 is 0. The first kappa shape index (κ1) is 18.4. The maximum Gasteiger partial charge on any atom is 0.303 e. The first-order valence-corrected chi connectivity index (χ1v) is 9.73. The van der Waals surface area contributed by atoms with Gasteiger partial charge < -0.3 is 9.64 Å². The van der Waals surface area contributed by atoms with Gasteiger partial charge in [-0.05, 0) is 30.0 Å². The molecule has 0 radical (unpaired) electrons. The molecular formula is C23H24N2O3. The quantitative estimate of drug-likeness (QED) is 0.713. The molecule has 0 spiro atoms. The molecule has 28 heavy (non-hydrogen) atoms. The fraction of sp³-hybridized carbons (Fsp3) is 0.348. The smallest absolute Gasteiger partial charge is 0.303 e. The predicted molar refractivity (Wildman–Crippen MR) is 106 cm³/mol. The van der Waals surface area contributed by atoms with E-state index in [1.54, 1.807) is 13.1 Å². The Balaban J connectivity index is 1.87. The summed E-state index contributed by atoms with van der Waals surface area (Å²) in [5, 5.41) is 0. The van der Waals surface area contributed by atoms with Crippen molar-refractivity contribution >= 4 is 17.4 Å². The Morgan fingerprint density at radius 1 is 1.07 bits per heavy atom. The van der Waals surface area contributed by atoms with E-state index < -0.39 is 0 Å². The van der Waals surface area contributed by atoms with Gasteiger partial charge in [0.05, 0.1) is 5.69 Å². The van der Waals surface area contributed by atoms with Crippen LogP contribution in [-0.2, 0) is 20.7 Å². The molecule has 4 rings (SSSR count). The number of amides is 1. The van der Waals surface area contributed by atoms with Crippen LogP contribution in [0.2, 0.25) is 0 Å². The SMILES string of the molecule is CC(=O)OC1Cc2ccccc2C(=C2CCN(C(C)=O)CC2)c2ncccc21. The van der Waals surface area contributed by atoms with Gasteiger partial charge >= 0.3 is 5.97 Å². The fourth-order valence-electron chi connectivity index (χ4n) is 4.27. The summed E-state index contributed by atoms with van der Waals surface area (Å²) in [6, 6.07) is 12.2. The Hall–Kier alpha value is -2.95. The molecule has 2 aliphatic rings. The van der Waals surface area contributed by atoms with Crippen LogP contribution >= 0.6 is 0 Å². The first-order valence-electron chi connectivity index (χ1n) is 9.73. The normalized spacial score (nSPS) is 18.8. The molecular weight excluding hydrogens is 352 g/mol. The molecule has 0 saturated carbocycles. The van der Waals surface area contributed by atoms with Gasteiger partial charge in [-0.25, -0.2) is 0 Å². The lowest BCUT2D eigenvalue weighted by Crippen LogP contribution is -2.34. The van der Waals surface area contributed by atoms with Crippen LogP contribution in [0, 0.1) is 0 Å². The highest BCUT2D eigenvalue weighted by Crippen LogP contribution is 2.41. The monoisotopic (exact) mass is 376 g/mol. The van der Waals surface area contributed by atoms with Gasteiger partial charge in [0.15, 0.2) is 0 Å². The summed E-state index contributed by atoms with van der Waals surface area (Å²) in [5.74, 6) is -0.165. The van der Waals surface area contributed by atoms with E-state index in [0.717, 1.165) is 53.9 Å². The van der Waals surface area contributed by atoms with Crippen molar-refractivity contribution in [2.75, 3.05) is 13.1 Å². The van der Waals surface area contributed by atoms with Crippen molar-refractivity contribution in [2.24, 2.45) is 0 Å². The number of carbonyl (C=O) groups excluding carboxylic acids is 2. The van der Waals surface area contributed by atoms with Crippen molar-refractivity contribution in [2.45, 2.75) is 39.2 Å². The minimum atomic E-state index is -0.349. The number of piperidine rings is 1. The van der Waals surface area contributed by atoms with Gasteiger partial charge in [0, 0.05) is 50.7 Å². The molecule has 1 aliphatic heterocycles. The number of likely N-dealkylation sites (tertiary alicyclic amines) is 1. The van der Waals surface area contributed by atoms with E-state index in [-0.39, 0.29) is 18.0 Å². The summed E-state index contributed by atoms with van der Waals surface area (Å²) in [7, 11) is 0. The summed E-state index contributed by atoms with van der Waals surface area (Å²) in [6.07, 6.45) is 3.74. The summed E-state index contributed by atoms with van der Waals surface area (Å²) < 4.78 is 5.68. The number of hydrogen-bond donors (Lipinski definition) is 0. The van der Waals surface area contributed by atoms with Gasteiger partial charge in [-0.1, -0.05) is 35.9 Å². The highest BCUT2D eigenvalue weighted by Gasteiger charge is 2.30. The molecule has 1 aliphatic carbocycles. The van der Waals surface area contributed by atoms with Crippen LogP contribution in [0.1, 0.15) is 55.2 Å². The summed E-state index contributed by atoms with van der Waals surface area (Å²) in [4.78, 5) is 30.1. The van der Waals surface area contributed by atoms with Crippen molar-refractivity contribution in [3.63, 3.8) is 0 Å². The van der Waals surface area contributed by atoms with Gasteiger partial charge in [-0.3, -0.25) is 14.6 Å². The second-order valence-electron chi connectivity index (χ2n) is 7.39. The number of ether oxygens (including phenoxy) is 1. The number of carbonyl (C=O) groups is 2. The molecule has 1 amide bonds. The van der Waals surface area contributed by atoms with Crippen molar-refractivity contribution in [1.82, 2.24) is 9.88 Å². The molecule has 1 saturated heterocycles. The molecule has 2 aromatic rings. The van der Waals surface area contributed by atoms with E-state index in [0.29, 0.717) is 6.42 Å². The Morgan fingerprint density at radius 2 is 1.82 bits per heavy atom. The largest absolute Gasteiger partial charge is 0.457 e. The average Bonchev–Trinajstić information content (AvgIpc) is 2.82. The lowest BCUT2D eigenvalue weighted by Gasteiger charge is -2.29. The lowest BCUT2D eigenvalue weighted by atomic mass is 9.88. The predicted octanol–water partition coefficient (Wildman–Crippen LogP) is 3.69. The molecule has 0 bridgehead atoms. The molecule has 1 aromatic heterocycles. The summed E-state index contributed by atoms with van der Waals surface area (Å²) in [6.45, 7) is 4.53. The third-order valence-corrected chi connectivity index (χ3v) is 5.59. The first-order chi connectivity index (χ1) is 13.5. The molecule has 1 atom stereocenters. The van der Waals surface area contributed by atoms with Crippen molar-refractivity contribution < 1.29 is 14.3 Å². The molecule has 5 heteroatoms. The number of esters is 1. The fourth-order valence-corrected chi connectivity index (χ4v) is 4.27. The van der Waals surface area contributed by atoms with Gasteiger partial charge in [-0.2, -0.15) is 0 Å². The van der Waals surface area contributed by atoms with Crippen LogP contribution in [0.3, 0.4) is 0 Å². The minimum Gasteiger partial charge on any atom is -0.457 e. The van der Waals surface area contributed by atoms with Gasteiger partial charge in [-0.15, -0.1) is 0 Å². The molecule has 144 valence electrons. The Bertz CT molecular complexity index is 954. The maximum absolute atomic E-state index is 11.7. The Kier molecular flexibility index (Phi) is 4.99. The molecule has 1 aromatic carbocycles. The van der Waals surface area contributed by atoms with Crippen LogP contribution in [0.15, 0.2) is 48.2 Å². The lowest BCUT2D eigenvalue weighted by molar-refractivity contribution is -0.146. The number of fused-ring (bicyclic) bond motifs is 2. The van der Waals surface area contributed by atoms with E-state index >= 15 is 0 Å². The zero-order chi connectivity index (χ0) is 19.7. The van der Waals surface area contributed by atoms with E-state index in [9.17, 15) is 9.59 Å². The number of hydrogen-bond acceptors (Lipinski definition) is 4. The zero-order valence-electron chi connectivity index (χ0n) is 16.3. The number of pyridine rings is 1. The van der Waals surface area contributed by atoms with Crippen LogP contribution in [0.4, 0.5) is 0 Å². The van der Waals surface area contributed by atoms with Gasteiger partial charge in [0.1, 0.15) is 6.10 Å². The standard InChI is InChI=1S/C23H24N2O3/c1-15(26)25-12-9-17(10-13-25)22-19-7-4-3-6-18(19)14-21(28-16(2)27)20-8-5-11-24-23(20)22/h3-8,11,21H,9-10,12-14H2,1-2H3. The molecule has 1 fully saturated rings. The third-order valence-electron chi connectivity index (χ3n) is 5.59. The zero-order valence-corrected chi connectivity index (χ0v) is 16.3. The summed E-state index contributed by atoms with van der Waals surface area (Å²) in [5.41, 5.74) is 6.61. The Labute approximate surface area is 165 Å². The van der Waals surface area contributed by atoms with Gasteiger partial charge in [0.25, 0.3) is 0 Å². The highest BCUT2D eigenvalue weighted by molar-refractivity contribution is 5.85. The van der Waals surface area contributed by atoms with Gasteiger partial charge in [0.2, 0.25) is 5.91 Å². The molecule has 2 heterocycles. The number of aromatic nitrogens is 1. The maximum atomic E-state index is 11.7. The van der Waals surface area contributed by atoms with Crippen molar-refractivity contribution in [3.05, 3.63) is 70.6 Å². The second kappa shape index (κ2) is 7.58. The van der Waals surface area contributed by atoms with Crippen LogP contribution in [-0.4, -0.2) is 34.8 Å². The van der Waals surface area contributed by atoms with Crippen LogP contribution in [0.5, 0.6) is 0 Å². The average molecular weight is 376 g/mol. The minimum absolute atomic E-state index is 0.124. The van der Waals surface area contributed by atoms with E-state index in [4.69, 9.17) is 9.72 Å². The highest BCUT2D eigenvalue weighted by atomic mass is 16.5. The topological polar surface area (TPSA) is 59.5 Å². The van der Waals surface area contributed by atoms with Crippen LogP contribution < -0.4 is 0 Å².